The van der Waals surface area contributed by atoms with Crippen molar-refractivity contribution in [2.45, 2.75) is 24.0 Å². The van der Waals surface area contributed by atoms with Crippen molar-refractivity contribution in [1.82, 2.24) is 4.72 Å². The van der Waals surface area contributed by atoms with Crippen LogP contribution in [0.3, 0.4) is 0 Å². The van der Waals surface area contributed by atoms with Gasteiger partial charge in [-0.1, -0.05) is 0 Å². The largest absolute Gasteiger partial charge is 0.480 e. The lowest BCUT2D eigenvalue weighted by Crippen LogP contribution is -2.38. The summed E-state index contributed by atoms with van der Waals surface area (Å²) >= 11 is 0. The number of aliphatic carboxylic acids is 1. The highest BCUT2D eigenvalue weighted by molar-refractivity contribution is 7.89. The second-order valence-electron chi connectivity index (χ2n) is 4.00. The summed E-state index contributed by atoms with van der Waals surface area (Å²) in [6.45, 7) is 1.04. The minimum Gasteiger partial charge on any atom is -0.480 e. The van der Waals surface area contributed by atoms with Gasteiger partial charge in [0.2, 0.25) is 10.0 Å². The van der Waals surface area contributed by atoms with E-state index in [4.69, 9.17) is 10.4 Å². The number of hydrogen-bond acceptors (Lipinski definition) is 4. The molecule has 0 aliphatic rings. The summed E-state index contributed by atoms with van der Waals surface area (Å²) in [7, 11) is -4.43. The Labute approximate surface area is 117 Å². The number of alkyl halides is 3. The lowest BCUT2D eigenvalue weighted by atomic mass is 10.1. The van der Waals surface area contributed by atoms with Gasteiger partial charge in [-0.25, -0.2) is 8.42 Å². The molecule has 0 spiro atoms. The molecule has 1 rings (SSSR count). The number of nitrogens with zero attached hydrogens (tertiary/aromatic N) is 1. The number of carboxylic acids is 1. The SMILES string of the molecule is C[C@@H](NS(=O)(=O)c1ccc(C(F)(F)F)cc1C#N)C(=O)O. The molecular weight excluding hydrogens is 313 g/mol. The van der Waals surface area contributed by atoms with E-state index in [0.29, 0.717) is 18.2 Å². The molecule has 0 saturated carbocycles. The highest BCUT2D eigenvalue weighted by atomic mass is 32.2. The lowest BCUT2D eigenvalue weighted by molar-refractivity contribution is -0.139. The molecule has 2 N–H and O–H groups in total. The van der Waals surface area contributed by atoms with Crippen molar-refractivity contribution in [2.24, 2.45) is 0 Å². The highest BCUT2D eigenvalue weighted by Gasteiger charge is 2.32. The molecule has 10 heteroatoms. The smallest absolute Gasteiger partial charge is 0.416 e. The van der Waals surface area contributed by atoms with Gasteiger partial charge in [-0.3, -0.25) is 4.79 Å². The fraction of sp³-hybridized carbons (Fsp3) is 0.273. The summed E-state index contributed by atoms with van der Waals surface area (Å²) in [6.07, 6.45) is -4.73. The summed E-state index contributed by atoms with van der Waals surface area (Å²) in [6, 6.07) is 1.35. The number of carbonyl (C=O) groups is 1. The first-order chi connectivity index (χ1) is 9.49. The zero-order valence-electron chi connectivity index (χ0n) is 10.5. The predicted octanol–water partition coefficient (Wildman–Crippen LogP) is 1.33. The molecule has 0 fully saturated rings. The second-order valence-corrected chi connectivity index (χ2v) is 5.68. The summed E-state index contributed by atoms with van der Waals surface area (Å²) < 4.78 is 63.0. The Balaban J connectivity index is 3.32. The molecule has 1 atom stereocenters. The van der Waals surface area contributed by atoms with Gasteiger partial charge in [0.1, 0.15) is 12.1 Å². The van der Waals surface area contributed by atoms with Crippen molar-refractivity contribution in [3.8, 4) is 6.07 Å². The monoisotopic (exact) mass is 322 g/mol. The van der Waals surface area contributed by atoms with Gasteiger partial charge in [-0.05, 0) is 25.1 Å². The minimum atomic E-state index is -4.73. The molecule has 6 nitrogen and oxygen atoms in total. The van der Waals surface area contributed by atoms with Crippen LogP contribution in [-0.4, -0.2) is 25.5 Å². The molecule has 0 aliphatic heterocycles. The Hall–Kier alpha value is -2.12. The van der Waals surface area contributed by atoms with Crippen LogP contribution in [0, 0.1) is 11.3 Å². The topological polar surface area (TPSA) is 107 Å². The van der Waals surface area contributed by atoms with E-state index in [0.717, 1.165) is 6.92 Å². The van der Waals surface area contributed by atoms with Crippen molar-refractivity contribution in [1.29, 1.82) is 5.26 Å². The van der Waals surface area contributed by atoms with E-state index in [1.54, 1.807) is 4.72 Å². The van der Waals surface area contributed by atoms with Gasteiger partial charge in [0.25, 0.3) is 0 Å². The van der Waals surface area contributed by atoms with Crippen LogP contribution >= 0.6 is 0 Å². The zero-order valence-corrected chi connectivity index (χ0v) is 11.3. The van der Waals surface area contributed by atoms with Crippen LogP contribution in [0.25, 0.3) is 0 Å². The molecule has 0 bridgehead atoms. The molecule has 0 saturated heterocycles. The van der Waals surface area contributed by atoms with Gasteiger partial charge in [-0.2, -0.15) is 23.2 Å². The van der Waals surface area contributed by atoms with Crippen LogP contribution in [0.5, 0.6) is 0 Å². The van der Waals surface area contributed by atoms with E-state index in [1.165, 1.54) is 6.07 Å². The number of hydrogen-bond donors (Lipinski definition) is 2. The maximum absolute atomic E-state index is 12.5. The fourth-order valence-electron chi connectivity index (χ4n) is 1.37. The average Bonchev–Trinajstić information content (AvgIpc) is 2.36. The number of benzene rings is 1. The van der Waals surface area contributed by atoms with Gasteiger partial charge >= 0.3 is 12.1 Å². The van der Waals surface area contributed by atoms with Crippen LogP contribution in [0.2, 0.25) is 0 Å². The molecule has 0 aromatic heterocycles. The van der Waals surface area contributed by atoms with Gasteiger partial charge in [0.05, 0.1) is 16.0 Å². The number of nitrogens with one attached hydrogen (secondary N) is 1. The molecule has 114 valence electrons. The number of rotatable bonds is 4. The van der Waals surface area contributed by atoms with Gasteiger partial charge in [0, 0.05) is 0 Å². The quantitative estimate of drug-likeness (QED) is 0.869. The molecule has 0 radical (unpaired) electrons. The first-order valence-electron chi connectivity index (χ1n) is 5.35. The van der Waals surface area contributed by atoms with Gasteiger partial charge < -0.3 is 5.11 Å². The van der Waals surface area contributed by atoms with E-state index in [9.17, 15) is 26.4 Å². The Bertz CT molecular complexity index is 707. The molecule has 0 amide bonds. The molecule has 1 aromatic carbocycles. The predicted molar refractivity (Wildman–Crippen MR) is 63.6 cm³/mol. The van der Waals surface area contributed by atoms with Crippen molar-refractivity contribution >= 4 is 16.0 Å². The highest BCUT2D eigenvalue weighted by Crippen LogP contribution is 2.31. The lowest BCUT2D eigenvalue weighted by Gasteiger charge is -2.13. The van der Waals surface area contributed by atoms with E-state index < -0.39 is 44.2 Å². The summed E-state index contributed by atoms with van der Waals surface area (Å²) in [4.78, 5) is 9.89. The molecule has 21 heavy (non-hydrogen) atoms. The number of carboxylic acid groups (broad SMARTS) is 1. The van der Waals surface area contributed by atoms with Crippen LogP contribution in [0.4, 0.5) is 13.2 Å². The van der Waals surface area contributed by atoms with Crippen molar-refractivity contribution in [3.05, 3.63) is 29.3 Å². The van der Waals surface area contributed by atoms with E-state index in [1.807, 2.05) is 0 Å². The third-order valence-corrected chi connectivity index (χ3v) is 4.02. The maximum atomic E-state index is 12.5. The Morgan fingerprint density at radius 3 is 2.43 bits per heavy atom. The molecule has 0 aliphatic carbocycles. The van der Waals surface area contributed by atoms with E-state index >= 15 is 0 Å². The normalized spacial score (nSPS) is 13.5. The fourth-order valence-corrected chi connectivity index (χ4v) is 2.71. The van der Waals surface area contributed by atoms with Crippen molar-refractivity contribution in [2.75, 3.05) is 0 Å². The summed E-state index contributed by atoms with van der Waals surface area (Å²) in [5, 5.41) is 17.4. The third-order valence-electron chi connectivity index (χ3n) is 2.42. The standard InChI is InChI=1S/C11H9F3N2O4S/c1-6(10(17)18)16-21(19,20)9-3-2-8(11(12,13)14)4-7(9)5-15/h2-4,6,16H,1H3,(H,17,18)/t6-/m1/s1. The van der Waals surface area contributed by atoms with Crippen LogP contribution in [0.15, 0.2) is 23.1 Å². The Kier molecular flexibility index (Phi) is 4.60. The molecule has 1 aromatic rings. The van der Waals surface area contributed by atoms with Gasteiger partial charge in [0.15, 0.2) is 0 Å². The van der Waals surface area contributed by atoms with Crippen LogP contribution < -0.4 is 4.72 Å². The minimum absolute atomic E-state index is 0.389. The second kappa shape index (κ2) is 5.71. The van der Waals surface area contributed by atoms with E-state index in [2.05, 4.69) is 0 Å². The van der Waals surface area contributed by atoms with Crippen molar-refractivity contribution in [3.63, 3.8) is 0 Å². The van der Waals surface area contributed by atoms with Crippen molar-refractivity contribution < 1.29 is 31.5 Å². The first kappa shape index (κ1) is 16.9. The number of nitriles is 1. The number of sulfonamides is 1. The molecule has 0 unspecified atom stereocenters. The third kappa shape index (κ3) is 3.93. The molecule has 0 heterocycles. The first-order valence-corrected chi connectivity index (χ1v) is 6.84. The van der Waals surface area contributed by atoms with E-state index in [-0.39, 0.29) is 0 Å². The number of halogens is 3. The maximum Gasteiger partial charge on any atom is 0.416 e. The average molecular weight is 322 g/mol. The van der Waals surface area contributed by atoms with Crippen LogP contribution in [-0.2, 0) is 21.0 Å². The zero-order chi connectivity index (χ0) is 16.4. The Morgan fingerprint density at radius 2 is 2.00 bits per heavy atom. The van der Waals surface area contributed by atoms with Gasteiger partial charge in [-0.15, -0.1) is 0 Å². The summed E-state index contributed by atoms with van der Waals surface area (Å²) in [5.74, 6) is -1.47. The Morgan fingerprint density at radius 1 is 1.43 bits per heavy atom. The van der Waals surface area contributed by atoms with Crippen LogP contribution in [0.1, 0.15) is 18.1 Å². The molecular formula is C11H9F3N2O4S. The summed E-state index contributed by atoms with van der Waals surface area (Å²) in [5.41, 5.74) is -1.90.